The first-order chi connectivity index (χ1) is 12.7. The molecule has 0 bridgehead atoms. The van der Waals surface area contributed by atoms with E-state index in [-0.39, 0.29) is 0 Å². The van der Waals surface area contributed by atoms with E-state index in [1.807, 2.05) is 25.3 Å². The van der Waals surface area contributed by atoms with E-state index in [0.29, 0.717) is 24.3 Å². The average Bonchev–Trinajstić information content (AvgIpc) is 3.18. The molecule has 7 nitrogen and oxygen atoms in total. The summed E-state index contributed by atoms with van der Waals surface area (Å²) in [4.78, 5) is 26.0. The molecule has 0 N–H and O–H groups in total. The molecule has 0 unspecified atom stereocenters. The number of anilines is 1. The van der Waals surface area contributed by atoms with Crippen LogP contribution in [-0.4, -0.2) is 56.2 Å². The molecule has 0 aromatic carbocycles. The fourth-order valence-electron chi connectivity index (χ4n) is 4.31. The number of likely N-dealkylation sites (tertiary alicyclic amines) is 1. The molecule has 0 saturated carbocycles. The summed E-state index contributed by atoms with van der Waals surface area (Å²) < 4.78 is 1.77. The van der Waals surface area contributed by atoms with E-state index in [2.05, 4.69) is 31.8 Å². The molecule has 2 fully saturated rings. The summed E-state index contributed by atoms with van der Waals surface area (Å²) in [6.45, 7) is 6.82. The second kappa shape index (κ2) is 7.05. The summed E-state index contributed by atoms with van der Waals surface area (Å²) in [6.07, 6.45) is 7.34. The Bertz CT molecular complexity index is 774. The van der Waals surface area contributed by atoms with Gasteiger partial charge in [-0.1, -0.05) is 6.92 Å². The lowest BCUT2D eigenvalue weighted by Gasteiger charge is -2.47. The number of fused-ring (bicyclic) bond motifs is 1. The van der Waals surface area contributed by atoms with Gasteiger partial charge >= 0.3 is 0 Å². The van der Waals surface area contributed by atoms with E-state index in [9.17, 15) is 4.79 Å². The van der Waals surface area contributed by atoms with Gasteiger partial charge in [-0.05, 0) is 38.2 Å². The Balaban J connectivity index is 1.55. The Morgan fingerprint density at radius 2 is 2.08 bits per heavy atom. The Kier molecular flexibility index (Phi) is 4.61. The molecular weight excluding hydrogens is 328 g/mol. The summed E-state index contributed by atoms with van der Waals surface area (Å²) in [5.41, 5.74) is 0. The van der Waals surface area contributed by atoms with Crippen LogP contribution in [0, 0.1) is 12.8 Å². The summed E-state index contributed by atoms with van der Waals surface area (Å²) in [5.74, 6) is 3.37. The zero-order valence-electron chi connectivity index (χ0n) is 15.5. The van der Waals surface area contributed by atoms with E-state index in [1.165, 1.54) is 0 Å². The van der Waals surface area contributed by atoms with Crippen LogP contribution in [0.3, 0.4) is 0 Å². The zero-order valence-corrected chi connectivity index (χ0v) is 15.5. The Morgan fingerprint density at radius 1 is 1.23 bits per heavy atom. The van der Waals surface area contributed by atoms with Crippen LogP contribution in [0.1, 0.15) is 38.4 Å². The SMILES string of the molecule is CCCN1C(=O)CC[C@H]2CN(c3cc(-n4cccn4)nc(C)n3)CC[C@H]21. The first kappa shape index (κ1) is 17.0. The Morgan fingerprint density at radius 3 is 2.85 bits per heavy atom. The molecular formula is C19H26N6O. The van der Waals surface area contributed by atoms with Gasteiger partial charge in [-0.25, -0.2) is 14.6 Å². The summed E-state index contributed by atoms with van der Waals surface area (Å²) in [6, 6.07) is 4.29. The highest BCUT2D eigenvalue weighted by atomic mass is 16.2. The number of amides is 1. The predicted octanol–water partition coefficient (Wildman–Crippen LogP) is 2.20. The molecule has 2 aromatic heterocycles. The topological polar surface area (TPSA) is 67.2 Å². The van der Waals surface area contributed by atoms with Gasteiger partial charge in [0.2, 0.25) is 5.91 Å². The molecule has 2 saturated heterocycles. The van der Waals surface area contributed by atoms with Crippen molar-refractivity contribution < 1.29 is 4.79 Å². The minimum atomic E-state index is 0.334. The van der Waals surface area contributed by atoms with Crippen LogP contribution in [0.5, 0.6) is 0 Å². The third-order valence-electron chi connectivity index (χ3n) is 5.48. The maximum absolute atomic E-state index is 12.3. The number of nitrogens with zero attached hydrogens (tertiary/aromatic N) is 6. The number of hydrogen-bond acceptors (Lipinski definition) is 5. The van der Waals surface area contributed by atoms with Crippen molar-refractivity contribution in [3.05, 3.63) is 30.4 Å². The lowest BCUT2D eigenvalue weighted by Crippen LogP contribution is -2.56. The number of carbonyl (C=O) groups is 1. The van der Waals surface area contributed by atoms with Crippen LogP contribution >= 0.6 is 0 Å². The number of aromatic nitrogens is 4. The minimum Gasteiger partial charge on any atom is -0.356 e. The third kappa shape index (κ3) is 3.18. The molecule has 2 atom stereocenters. The van der Waals surface area contributed by atoms with Crippen LogP contribution in [-0.2, 0) is 4.79 Å². The van der Waals surface area contributed by atoms with Gasteiger partial charge in [-0.3, -0.25) is 4.79 Å². The second-order valence-electron chi connectivity index (χ2n) is 7.27. The van der Waals surface area contributed by atoms with Crippen LogP contribution in [0.2, 0.25) is 0 Å². The number of aryl methyl sites for hydroxylation is 1. The van der Waals surface area contributed by atoms with E-state index >= 15 is 0 Å². The molecule has 0 aliphatic carbocycles. The largest absolute Gasteiger partial charge is 0.356 e. The van der Waals surface area contributed by atoms with Gasteiger partial charge in [0.15, 0.2) is 5.82 Å². The molecule has 0 spiro atoms. The highest BCUT2D eigenvalue weighted by molar-refractivity contribution is 5.77. The van der Waals surface area contributed by atoms with Crippen LogP contribution in [0.25, 0.3) is 5.82 Å². The second-order valence-corrected chi connectivity index (χ2v) is 7.27. The lowest BCUT2D eigenvalue weighted by atomic mass is 9.83. The first-order valence-corrected chi connectivity index (χ1v) is 9.56. The Labute approximate surface area is 154 Å². The van der Waals surface area contributed by atoms with Gasteiger partial charge in [0, 0.05) is 50.6 Å². The molecule has 138 valence electrons. The van der Waals surface area contributed by atoms with Crippen LogP contribution in [0.15, 0.2) is 24.5 Å². The number of carbonyl (C=O) groups excluding carboxylic acids is 1. The van der Waals surface area contributed by atoms with Crippen molar-refractivity contribution in [1.82, 2.24) is 24.6 Å². The van der Waals surface area contributed by atoms with Gasteiger partial charge in [-0.15, -0.1) is 0 Å². The van der Waals surface area contributed by atoms with E-state index < -0.39 is 0 Å². The molecule has 2 aliphatic rings. The van der Waals surface area contributed by atoms with E-state index in [0.717, 1.165) is 56.4 Å². The molecule has 1 amide bonds. The normalized spacial score (nSPS) is 23.2. The molecule has 7 heteroatoms. The van der Waals surface area contributed by atoms with Crippen molar-refractivity contribution in [2.24, 2.45) is 5.92 Å². The quantitative estimate of drug-likeness (QED) is 0.842. The minimum absolute atomic E-state index is 0.334. The first-order valence-electron chi connectivity index (χ1n) is 9.56. The van der Waals surface area contributed by atoms with Crippen molar-refractivity contribution in [3.63, 3.8) is 0 Å². The number of piperidine rings is 2. The zero-order chi connectivity index (χ0) is 18.1. The molecule has 2 aliphatic heterocycles. The molecule has 4 heterocycles. The molecule has 2 aromatic rings. The van der Waals surface area contributed by atoms with Gasteiger partial charge < -0.3 is 9.80 Å². The van der Waals surface area contributed by atoms with Crippen molar-refractivity contribution in [2.45, 2.75) is 45.6 Å². The molecule has 4 rings (SSSR count). The molecule has 26 heavy (non-hydrogen) atoms. The lowest BCUT2D eigenvalue weighted by molar-refractivity contribution is -0.139. The van der Waals surface area contributed by atoms with Crippen molar-refractivity contribution in [3.8, 4) is 5.82 Å². The predicted molar refractivity (Wildman–Crippen MR) is 99.2 cm³/mol. The highest BCUT2D eigenvalue weighted by Crippen LogP contribution is 2.33. The van der Waals surface area contributed by atoms with Gasteiger partial charge in [0.05, 0.1) is 0 Å². The number of hydrogen-bond donors (Lipinski definition) is 0. The fraction of sp³-hybridized carbons (Fsp3) is 0.579. The summed E-state index contributed by atoms with van der Waals surface area (Å²) >= 11 is 0. The average molecular weight is 354 g/mol. The maximum atomic E-state index is 12.3. The van der Waals surface area contributed by atoms with E-state index in [4.69, 9.17) is 0 Å². The third-order valence-corrected chi connectivity index (χ3v) is 5.48. The maximum Gasteiger partial charge on any atom is 0.222 e. The van der Waals surface area contributed by atoms with Crippen molar-refractivity contribution in [1.29, 1.82) is 0 Å². The van der Waals surface area contributed by atoms with Gasteiger partial charge in [0.1, 0.15) is 11.6 Å². The van der Waals surface area contributed by atoms with Gasteiger partial charge in [-0.2, -0.15) is 5.10 Å². The fourth-order valence-corrected chi connectivity index (χ4v) is 4.31. The number of rotatable bonds is 4. The smallest absolute Gasteiger partial charge is 0.222 e. The van der Waals surface area contributed by atoms with Crippen molar-refractivity contribution >= 4 is 11.7 Å². The van der Waals surface area contributed by atoms with Gasteiger partial charge in [0.25, 0.3) is 0 Å². The Hall–Kier alpha value is -2.44. The van der Waals surface area contributed by atoms with Crippen LogP contribution < -0.4 is 4.90 Å². The highest BCUT2D eigenvalue weighted by Gasteiger charge is 2.39. The summed E-state index contributed by atoms with van der Waals surface area (Å²) in [5, 5.41) is 4.28. The molecule has 0 radical (unpaired) electrons. The standard InChI is InChI=1S/C19H26N6O/c1-3-9-24-16-7-11-23(13-15(16)5-6-19(24)26)17-12-18(22-14(2)21-17)25-10-4-8-20-25/h4,8,10,12,15-16H,3,5-7,9,11,13H2,1-2H3/t15-,16+/m0/s1. The van der Waals surface area contributed by atoms with E-state index in [1.54, 1.807) is 10.9 Å². The monoisotopic (exact) mass is 354 g/mol. The van der Waals surface area contributed by atoms with Crippen LogP contribution in [0.4, 0.5) is 5.82 Å². The summed E-state index contributed by atoms with van der Waals surface area (Å²) in [7, 11) is 0. The van der Waals surface area contributed by atoms with Crippen molar-refractivity contribution in [2.75, 3.05) is 24.5 Å².